The zero-order valence-electron chi connectivity index (χ0n) is 10.3. The third kappa shape index (κ3) is 1.81. The Morgan fingerprint density at radius 3 is 2.85 bits per heavy atom. The molecule has 0 saturated heterocycles. The average molecular weight is 275 g/mol. The molecule has 6 heteroatoms. The van der Waals surface area contributed by atoms with Crippen molar-refractivity contribution in [2.24, 2.45) is 0 Å². The molecule has 0 bridgehead atoms. The van der Waals surface area contributed by atoms with Crippen molar-refractivity contribution >= 4 is 16.7 Å². The number of anilines is 1. The maximum Gasteiger partial charge on any atom is 0.155 e. The van der Waals surface area contributed by atoms with Gasteiger partial charge in [-0.3, -0.25) is 0 Å². The Hall–Kier alpha value is -2.47. The summed E-state index contributed by atoms with van der Waals surface area (Å²) in [4.78, 5) is 6.91. The molecule has 2 aromatic heterocycles. The number of benzene rings is 1. The van der Waals surface area contributed by atoms with Gasteiger partial charge < -0.3 is 15.8 Å². The van der Waals surface area contributed by atoms with Crippen LogP contribution < -0.4 is 5.73 Å². The summed E-state index contributed by atoms with van der Waals surface area (Å²) in [6.07, 6.45) is 1.59. The largest absolute Gasteiger partial charge is 0.396 e. The van der Waals surface area contributed by atoms with Gasteiger partial charge in [0, 0.05) is 23.3 Å². The molecule has 3 rings (SSSR count). The Morgan fingerprint density at radius 1 is 1.25 bits per heavy atom. The van der Waals surface area contributed by atoms with Crippen molar-refractivity contribution in [2.45, 2.75) is 6.10 Å². The predicted molar refractivity (Wildman–Crippen MR) is 70.9 cm³/mol. The highest BCUT2D eigenvalue weighted by Crippen LogP contribution is 2.32. The minimum absolute atomic E-state index is 0.210. The fourth-order valence-corrected chi connectivity index (χ4v) is 2.20. The SMILES string of the molecule is Nc1ccc(F)c(C(O)c2c[nH]c3ncccc23)c1F. The van der Waals surface area contributed by atoms with Crippen molar-refractivity contribution < 1.29 is 13.9 Å². The second kappa shape index (κ2) is 4.57. The van der Waals surface area contributed by atoms with E-state index < -0.39 is 23.3 Å². The quantitative estimate of drug-likeness (QED) is 0.629. The zero-order chi connectivity index (χ0) is 14.3. The van der Waals surface area contributed by atoms with E-state index in [4.69, 9.17) is 5.73 Å². The molecule has 0 fully saturated rings. The van der Waals surface area contributed by atoms with Gasteiger partial charge in [-0.25, -0.2) is 13.8 Å². The molecular weight excluding hydrogens is 264 g/mol. The smallest absolute Gasteiger partial charge is 0.155 e. The van der Waals surface area contributed by atoms with Gasteiger partial charge in [0.15, 0.2) is 5.82 Å². The molecule has 1 aromatic carbocycles. The van der Waals surface area contributed by atoms with Gasteiger partial charge in [0.1, 0.15) is 17.6 Å². The summed E-state index contributed by atoms with van der Waals surface area (Å²) in [7, 11) is 0. The molecule has 4 N–H and O–H groups in total. The molecule has 1 unspecified atom stereocenters. The van der Waals surface area contributed by atoms with E-state index >= 15 is 0 Å². The van der Waals surface area contributed by atoms with Gasteiger partial charge in [0.2, 0.25) is 0 Å². The number of nitrogens with one attached hydrogen (secondary N) is 1. The van der Waals surface area contributed by atoms with Crippen molar-refractivity contribution in [3.8, 4) is 0 Å². The Kier molecular flexibility index (Phi) is 2.87. The number of pyridine rings is 1. The summed E-state index contributed by atoms with van der Waals surface area (Å²) < 4.78 is 27.7. The Bertz CT molecular complexity index is 785. The van der Waals surface area contributed by atoms with E-state index in [2.05, 4.69) is 9.97 Å². The normalized spacial score (nSPS) is 12.8. The molecule has 3 aromatic rings. The lowest BCUT2D eigenvalue weighted by Crippen LogP contribution is -2.07. The molecule has 102 valence electrons. The van der Waals surface area contributed by atoms with E-state index in [-0.39, 0.29) is 5.69 Å². The Morgan fingerprint density at radius 2 is 2.05 bits per heavy atom. The van der Waals surface area contributed by atoms with Crippen LogP contribution in [-0.2, 0) is 0 Å². The molecule has 0 amide bonds. The van der Waals surface area contributed by atoms with E-state index in [1.54, 1.807) is 18.3 Å². The number of halogens is 2. The molecule has 1 atom stereocenters. The molecule has 0 aliphatic rings. The molecule has 0 aliphatic carbocycles. The van der Waals surface area contributed by atoms with Crippen LogP contribution in [0.5, 0.6) is 0 Å². The van der Waals surface area contributed by atoms with Crippen molar-refractivity contribution in [2.75, 3.05) is 5.73 Å². The highest BCUT2D eigenvalue weighted by Gasteiger charge is 2.23. The first-order chi connectivity index (χ1) is 9.59. The van der Waals surface area contributed by atoms with Gasteiger partial charge in [-0.15, -0.1) is 0 Å². The fourth-order valence-electron chi connectivity index (χ4n) is 2.20. The summed E-state index contributed by atoms with van der Waals surface area (Å²) in [5.41, 5.74) is 5.62. The van der Waals surface area contributed by atoms with Gasteiger partial charge in [-0.2, -0.15) is 0 Å². The minimum atomic E-state index is -1.46. The van der Waals surface area contributed by atoms with E-state index in [9.17, 15) is 13.9 Å². The van der Waals surface area contributed by atoms with Crippen LogP contribution in [0.4, 0.5) is 14.5 Å². The van der Waals surface area contributed by atoms with Gasteiger partial charge in [0.05, 0.1) is 11.3 Å². The van der Waals surface area contributed by atoms with Crippen molar-refractivity contribution in [1.29, 1.82) is 0 Å². The number of nitrogens with two attached hydrogens (primary N) is 1. The highest BCUT2D eigenvalue weighted by atomic mass is 19.1. The number of aromatic amines is 1. The number of nitrogens with zero attached hydrogens (tertiary/aromatic N) is 1. The number of fused-ring (bicyclic) bond motifs is 1. The van der Waals surface area contributed by atoms with Crippen molar-refractivity contribution in [1.82, 2.24) is 9.97 Å². The predicted octanol–water partition coefficient (Wildman–Crippen LogP) is 2.50. The first kappa shape index (κ1) is 12.6. The third-order valence-electron chi connectivity index (χ3n) is 3.21. The van der Waals surface area contributed by atoms with Crippen molar-refractivity contribution in [3.63, 3.8) is 0 Å². The lowest BCUT2D eigenvalue weighted by atomic mass is 10.00. The van der Waals surface area contributed by atoms with Crippen LogP contribution in [0.15, 0.2) is 36.7 Å². The molecule has 0 spiro atoms. The summed E-state index contributed by atoms with van der Waals surface area (Å²) in [5, 5.41) is 10.9. The highest BCUT2D eigenvalue weighted by molar-refractivity contribution is 5.80. The third-order valence-corrected chi connectivity index (χ3v) is 3.21. The van der Waals surface area contributed by atoms with E-state index in [0.717, 1.165) is 12.1 Å². The lowest BCUT2D eigenvalue weighted by Gasteiger charge is -2.13. The van der Waals surface area contributed by atoms with E-state index in [1.807, 2.05) is 0 Å². The first-order valence-electron chi connectivity index (χ1n) is 5.93. The van der Waals surface area contributed by atoms with Crippen LogP contribution in [0.25, 0.3) is 11.0 Å². The summed E-state index contributed by atoms with van der Waals surface area (Å²) in [5.74, 6) is -1.79. The number of hydrogen-bond donors (Lipinski definition) is 3. The van der Waals surface area contributed by atoms with Crippen LogP contribution >= 0.6 is 0 Å². The summed E-state index contributed by atoms with van der Waals surface area (Å²) in [6, 6.07) is 5.54. The maximum atomic E-state index is 14.0. The summed E-state index contributed by atoms with van der Waals surface area (Å²) in [6.45, 7) is 0. The minimum Gasteiger partial charge on any atom is -0.396 e. The van der Waals surface area contributed by atoms with Gasteiger partial charge in [-0.1, -0.05) is 0 Å². The van der Waals surface area contributed by atoms with Gasteiger partial charge in [-0.05, 0) is 24.3 Å². The van der Waals surface area contributed by atoms with Gasteiger partial charge >= 0.3 is 0 Å². The van der Waals surface area contributed by atoms with Crippen LogP contribution in [-0.4, -0.2) is 15.1 Å². The van der Waals surface area contributed by atoms with Crippen LogP contribution in [0.2, 0.25) is 0 Å². The standard InChI is InChI=1S/C14H11F2N3O/c15-9-3-4-10(17)12(16)11(9)13(20)8-6-19-14-7(8)2-1-5-18-14/h1-6,13,20H,17H2,(H,18,19). The van der Waals surface area contributed by atoms with Crippen LogP contribution in [0.3, 0.4) is 0 Å². The number of aromatic nitrogens is 2. The molecule has 0 aliphatic heterocycles. The maximum absolute atomic E-state index is 14.0. The van der Waals surface area contributed by atoms with Gasteiger partial charge in [0.25, 0.3) is 0 Å². The lowest BCUT2D eigenvalue weighted by molar-refractivity contribution is 0.211. The second-order valence-electron chi connectivity index (χ2n) is 4.41. The second-order valence-corrected chi connectivity index (χ2v) is 4.41. The molecule has 4 nitrogen and oxygen atoms in total. The first-order valence-corrected chi connectivity index (χ1v) is 5.93. The number of H-pyrrole nitrogens is 1. The molecule has 2 heterocycles. The average Bonchev–Trinajstić information content (AvgIpc) is 2.87. The molecular formula is C14H11F2N3O. The topological polar surface area (TPSA) is 74.9 Å². The van der Waals surface area contributed by atoms with E-state index in [0.29, 0.717) is 16.6 Å². The number of nitrogen functional groups attached to an aromatic ring is 1. The van der Waals surface area contributed by atoms with Crippen LogP contribution in [0.1, 0.15) is 17.2 Å². The zero-order valence-corrected chi connectivity index (χ0v) is 10.3. The number of aliphatic hydroxyl groups excluding tert-OH is 1. The van der Waals surface area contributed by atoms with E-state index in [1.165, 1.54) is 6.20 Å². The number of aliphatic hydroxyl groups is 1. The van der Waals surface area contributed by atoms with Crippen molar-refractivity contribution in [3.05, 3.63) is 59.4 Å². The molecule has 0 radical (unpaired) electrons. The summed E-state index contributed by atoms with van der Waals surface area (Å²) >= 11 is 0. The fraction of sp³-hybridized carbons (Fsp3) is 0.0714. The molecule has 20 heavy (non-hydrogen) atoms. The number of hydrogen-bond acceptors (Lipinski definition) is 3. The monoisotopic (exact) mass is 275 g/mol. The Balaban J connectivity index is 2.18. The Labute approximate surface area is 112 Å². The molecule has 0 saturated carbocycles. The van der Waals surface area contributed by atoms with Crippen LogP contribution in [0, 0.1) is 11.6 Å². The number of rotatable bonds is 2.